The van der Waals surface area contributed by atoms with E-state index in [0.29, 0.717) is 5.56 Å². The van der Waals surface area contributed by atoms with Gasteiger partial charge in [0.05, 0.1) is 7.11 Å². The van der Waals surface area contributed by atoms with Crippen LogP contribution < -0.4 is 10.1 Å². The smallest absolute Gasteiger partial charge is 0.254 e. The number of carbonyl (C=O) groups excluding carboxylic acids is 1. The molecule has 1 aromatic carbocycles. The third-order valence-electron chi connectivity index (χ3n) is 5.33. The first kappa shape index (κ1) is 18.3. The zero-order chi connectivity index (χ0) is 19.3. The predicted molar refractivity (Wildman–Crippen MR) is 111 cm³/mol. The summed E-state index contributed by atoms with van der Waals surface area (Å²) in [7, 11) is 1.68. The molecule has 0 radical (unpaired) electrons. The summed E-state index contributed by atoms with van der Waals surface area (Å²) in [5, 5.41) is 4.52. The zero-order valence-electron chi connectivity index (χ0n) is 16.2. The summed E-state index contributed by atoms with van der Waals surface area (Å²) in [4.78, 5) is 22.3. The molecule has 1 aliphatic rings. The number of ether oxygens (including phenoxy) is 1. The highest BCUT2D eigenvalue weighted by Crippen LogP contribution is 2.24. The number of aromatic amines is 1. The van der Waals surface area contributed by atoms with E-state index in [1.54, 1.807) is 19.4 Å². The van der Waals surface area contributed by atoms with Gasteiger partial charge < -0.3 is 19.9 Å². The normalized spacial score (nSPS) is 14.2. The molecular formula is C22H26N4O2. The Morgan fingerprint density at radius 1 is 1.21 bits per heavy atom. The Balaban J connectivity index is 1.39. The molecule has 0 bridgehead atoms. The van der Waals surface area contributed by atoms with Crippen LogP contribution in [0.25, 0.3) is 10.9 Å². The number of hydrogen-bond acceptors (Lipinski definition) is 4. The molecule has 1 aliphatic heterocycles. The first-order valence-electron chi connectivity index (χ1n) is 9.88. The average molecular weight is 378 g/mol. The fourth-order valence-corrected chi connectivity index (χ4v) is 3.76. The van der Waals surface area contributed by atoms with Crippen LogP contribution in [0.15, 0.2) is 42.7 Å². The van der Waals surface area contributed by atoms with Crippen molar-refractivity contribution in [3.63, 3.8) is 0 Å². The third kappa shape index (κ3) is 3.96. The number of piperidine rings is 1. The fraction of sp³-hybridized carbons (Fsp3) is 0.364. The topological polar surface area (TPSA) is 70.2 Å². The molecule has 0 saturated carbocycles. The summed E-state index contributed by atoms with van der Waals surface area (Å²) < 4.78 is 5.33. The number of hydrogen-bond donors (Lipinski definition) is 2. The number of amides is 1. The van der Waals surface area contributed by atoms with Crippen LogP contribution in [0.3, 0.4) is 0 Å². The van der Waals surface area contributed by atoms with Gasteiger partial charge in [-0.05, 0) is 61.6 Å². The number of aromatic nitrogens is 2. The molecule has 28 heavy (non-hydrogen) atoms. The van der Waals surface area contributed by atoms with E-state index < -0.39 is 0 Å². The van der Waals surface area contributed by atoms with Gasteiger partial charge in [0.15, 0.2) is 0 Å². The van der Waals surface area contributed by atoms with Crippen LogP contribution in [0.1, 0.15) is 35.2 Å². The Kier molecular flexibility index (Phi) is 5.46. The molecule has 0 unspecified atom stereocenters. The Morgan fingerprint density at radius 2 is 2.07 bits per heavy atom. The maximum Gasteiger partial charge on any atom is 0.254 e. The number of nitrogens with zero attached hydrogens (tertiary/aromatic N) is 2. The maximum absolute atomic E-state index is 12.7. The van der Waals surface area contributed by atoms with Gasteiger partial charge in [-0.2, -0.15) is 0 Å². The first-order chi connectivity index (χ1) is 13.7. The number of H-pyrrole nitrogens is 1. The molecule has 1 saturated heterocycles. The standard InChI is InChI=1S/C22H26N4O2/c1-28-18-5-6-20-19(14-18)17(15-25-20)8-10-24-21-13-16(7-9-23-21)22(27)26-11-3-2-4-12-26/h5-7,9,13-15,25H,2-4,8,10-12H2,1H3,(H,23,24). The fourth-order valence-electron chi connectivity index (χ4n) is 3.76. The number of likely N-dealkylation sites (tertiary alicyclic amines) is 1. The number of carbonyl (C=O) groups is 1. The number of benzene rings is 1. The Bertz CT molecular complexity index is 960. The van der Waals surface area contributed by atoms with E-state index in [0.717, 1.165) is 56.0 Å². The van der Waals surface area contributed by atoms with E-state index >= 15 is 0 Å². The molecule has 3 heterocycles. The minimum Gasteiger partial charge on any atom is -0.497 e. The van der Waals surface area contributed by atoms with Gasteiger partial charge in [0, 0.05) is 48.5 Å². The highest BCUT2D eigenvalue weighted by Gasteiger charge is 2.18. The van der Waals surface area contributed by atoms with E-state index in [1.807, 2.05) is 29.3 Å². The summed E-state index contributed by atoms with van der Waals surface area (Å²) in [6.45, 7) is 2.44. The molecule has 1 fully saturated rings. The van der Waals surface area contributed by atoms with Crippen molar-refractivity contribution in [3.8, 4) is 5.75 Å². The molecule has 1 amide bonds. The lowest BCUT2D eigenvalue weighted by atomic mass is 10.1. The molecule has 0 spiro atoms. The summed E-state index contributed by atoms with van der Waals surface area (Å²) in [5.74, 6) is 1.70. The first-order valence-corrected chi connectivity index (χ1v) is 9.88. The largest absolute Gasteiger partial charge is 0.497 e. The second-order valence-corrected chi connectivity index (χ2v) is 7.18. The summed E-state index contributed by atoms with van der Waals surface area (Å²) in [6, 6.07) is 9.69. The van der Waals surface area contributed by atoms with Crippen LogP contribution in [-0.4, -0.2) is 47.5 Å². The highest BCUT2D eigenvalue weighted by atomic mass is 16.5. The van der Waals surface area contributed by atoms with Crippen LogP contribution in [0.4, 0.5) is 5.82 Å². The quantitative estimate of drug-likeness (QED) is 0.683. The SMILES string of the molecule is COc1ccc2[nH]cc(CCNc3cc(C(=O)N4CCCCC4)ccn3)c2c1. The lowest BCUT2D eigenvalue weighted by Gasteiger charge is -2.26. The number of anilines is 1. The van der Waals surface area contributed by atoms with Crippen molar-refractivity contribution in [2.45, 2.75) is 25.7 Å². The molecule has 2 N–H and O–H groups in total. The third-order valence-corrected chi connectivity index (χ3v) is 5.33. The van der Waals surface area contributed by atoms with Crippen molar-refractivity contribution in [1.29, 1.82) is 0 Å². The molecular weight excluding hydrogens is 352 g/mol. The van der Waals surface area contributed by atoms with Crippen LogP contribution in [0.5, 0.6) is 5.75 Å². The highest BCUT2D eigenvalue weighted by molar-refractivity contribution is 5.94. The van der Waals surface area contributed by atoms with E-state index in [-0.39, 0.29) is 5.91 Å². The number of methoxy groups -OCH3 is 1. The van der Waals surface area contributed by atoms with Gasteiger partial charge >= 0.3 is 0 Å². The summed E-state index contributed by atoms with van der Waals surface area (Å²) in [5.41, 5.74) is 3.03. The van der Waals surface area contributed by atoms with Crippen LogP contribution in [0.2, 0.25) is 0 Å². The lowest BCUT2D eigenvalue weighted by Crippen LogP contribution is -2.35. The van der Waals surface area contributed by atoms with Crippen LogP contribution in [0, 0.1) is 0 Å². The van der Waals surface area contributed by atoms with Crippen molar-refractivity contribution >= 4 is 22.6 Å². The van der Waals surface area contributed by atoms with E-state index in [9.17, 15) is 4.79 Å². The molecule has 6 nitrogen and oxygen atoms in total. The van der Waals surface area contributed by atoms with E-state index in [4.69, 9.17) is 4.74 Å². The molecule has 2 aromatic heterocycles. The number of nitrogens with one attached hydrogen (secondary N) is 2. The Labute approximate surface area is 164 Å². The maximum atomic E-state index is 12.7. The Hall–Kier alpha value is -3.02. The summed E-state index contributed by atoms with van der Waals surface area (Å²) >= 11 is 0. The van der Waals surface area contributed by atoms with Gasteiger partial charge in [0.25, 0.3) is 5.91 Å². The molecule has 146 valence electrons. The summed E-state index contributed by atoms with van der Waals surface area (Å²) in [6.07, 6.45) is 7.99. The van der Waals surface area contributed by atoms with Crippen molar-refractivity contribution in [1.82, 2.24) is 14.9 Å². The lowest BCUT2D eigenvalue weighted by molar-refractivity contribution is 0.0724. The zero-order valence-corrected chi connectivity index (χ0v) is 16.2. The molecule has 4 rings (SSSR count). The minimum atomic E-state index is 0.105. The van der Waals surface area contributed by atoms with E-state index in [2.05, 4.69) is 21.4 Å². The Morgan fingerprint density at radius 3 is 2.89 bits per heavy atom. The van der Waals surface area contributed by atoms with Crippen LogP contribution >= 0.6 is 0 Å². The van der Waals surface area contributed by atoms with Crippen molar-refractivity contribution < 1.29 is 9.53 Å². The number of fused-ring (bicyclic) bond motifs is 1. The molecule has 0 atom stereocenters. The van der Waals surface area contributed by atoms with Crippen molar-refractivity contribution in [2.75, 3.05) is 32.1 Å². The van der Waals surface area contributed by atoms with Gasteiger partial charge in [-0.15, -0.1) is 0 Å². The number of rotatable bonds is 6. The second kappa shape index (κ2) is 8.33. The van der Waals surface area contributed by atoms with Gasteiger partial charge in [0.2, 0.25) is 0 Å². The van der Waals surface area contributed by atoms with Gasteiger partial charge in [-0.25, -0.2) is 4.98 Å². The molecule has 3 aromatic rings. The van der Waals surface area contributed by atoms with Gasteiger partial charge in [0.1, 0.15) is 11.6 Å². The average Bonchev–Trinajstić information content (AvgIpc) is 3.16. The van der Waals surface area contributed by atoms with Gasteiger partial charge in [-0.3, -0.25) is 4.79 Å². The monoisotopic (exact) mass is 378 g/mol. The number of pyridine rings is 1. The second-order valence-electron chi connectivity index (χ2n) is 7.18. The predicted octanol–water partition coefficient (Wildman–Crippen LogP) is 3.85. The van der Waals surface area contributed by atoms with Gasteiger partial charge in [-0.1, -0.05) is 0 Å². The van der Waals surface area contributed by atoms with Crippen LogP contribution in [-0.2, 0) is 6.42 Å². The van der Waals surface area contributed by atoms with Crippen molar-refractivity contribution in [2.24, 2.45) is 0 Å². The minimum absolute atomic E-state index is 0.105. The van der Waals surface area contributed by atoms with Crippen molar-refractivity contribution in [3.05, 3.63) is 53.9 Å². The molecule has 6 heteroatoms. The molecule has 0 aliphatic carbocycles. The van der Waals surface area contributed by atoms with E-state index in [1.165, 1.54) is 17.4 Å².